The Hall–Kier alpha value is -7.88. The molecule has 0 aliphatic heterocycles. The van der Waals surface area contributed by atoms with Crippen molar-refractivity contribution < 1.29 is 4.42 Å². The Balaban J connectivity index is 1.21. The molecule has 0 N–H and O–H groups in total. The molecule has 61 heavy (non-hydrogen) atoms. The zero-order valence-electron chi connectivity index (χ0n) is 34.1. The van der Waals surface area contributed by atoms with Crippen LogP contribution < -0.4 is 9.80 Å². The zero-order valence-corrected chi connectivity index (χ0v) is 34.1. The molecular formula is C58H42N2O. The molecule has 0 aliphatic carbocycles. The number of aryl methyl sites for hydroxylation is 2. The molecule has 0 aliphatic rings. The number of rotatable bonds is 8. The summed E-state index contributed by atoms with van der Waals surface area (Å²) in [5, 5.41) is 6.81. The SMILES string of the molecule is Cc1cccc(N(c2ccccc2-c2ccccc2)c2cc3oc4cc(N(c5cccc(C)c5)c5ccccc5-c5ccccc5)c5ccccc5c4c3c3ccccc23)c1. The lowest BCUT2D eigenvalue weighted by Gasteiger charge is -2.29. The van der Waals surface area contributed by atoms with Gasteiger partial charge < -0.3 is 14.2 Å². The van der Waals surface area contributed by atoms with E-state index in [-0.39, 0.29) is 0 Å². The molecule has 0 fully saturated rings. The molecule has 1 aromatic heterocycles. The van der Waals surface area contributed by atoms with Gasteiger partial charge >= 0.3 is 0 Å². The Morgan fingerprint density at radius 2 is 0.689 bits per heavy atom. The molecule has 0 amide bonds. The molecule has 0 spiro atoms. The van der Waals surface area contributed by atoms with Crippen LogP contribution in [0.3, 0.4) is 0 Å². The molecule has 10 aromatic carbocycles. The average Bonchev–Trinajstić information content (AvgIpc) is 3.69. The van der Waals surface area contributed by atoms with Crippen molar-refractivity contribution in [1.29, 1.82) is 0 Å². The lowest BCUT2D eigenvalue weighted by Crippen LogP contribution is -2.12. The number of nitrogens with zero attached hydrogens (tertiary/aromatic N) is 2. The molecule has 11 rings (SSSR count). The molecule has 0 saturated heterocycles. The van der Waals surface area contributed by atoms with E-state index in [2.05, 4.69) is 242 Å². The molecule has 1 heterocycles. The largest absolute Gasteiger partial charge is 0.456 e. The van der Waals surface area contributed by atoms with Crippen LogP contribution in [0.4, 0.5) is 34.1 Å². The van der Waals surface area contributed by atoms with Gasteiger partial charge in [0.15, 0.2) is 0 Å². The number of benzene rings is 10. The van der Waals surface area contributed by atoms with Crippen molar-refractivity contribution in [3.8, 4) is 22.3 Å². The second-order valence-electron chi connectivity index (χ2n) is 15.8. The van der Waals surface area contributed by atoms with Gasteiger partial charge in [0.1, 0.15) is 11.2 Å². The third-order valence-corrected chi connectivity index (χ3v) is 11.9. The van der Waals surface area contributed by atoms with Gasteiger partial charge in [0, 0.05) is 56.2 Å². The van der Waals surface area contributed by atoms with E-state index in [1.54, 1.807) is 0 Å². The van der Waals surface area contributed by atoms with E-state index >= 15 is 0 Å². The lowest BCUT2D eigenvalue weighted by atomic mass is 9.95. The van der Waals surface area contributed by atoms with Gasteiger partial charge in [0.25, 0.3) is 0 Å². The van der Waals surface area contributed by atoms with Crippen LogP contribution in [0.25, 0.3) is 65.7 Å². The molecule has 0 saturated carbocycles. The summed E-state index contributed by atoms with van der Waals surface area (Å²) >= 11 is 0. The predicted octanol–water partition coefficient (Wildman–Crippen LogP) is 16.8. The minimum Gasteiger partial charge on any atom is -0.456 e. The molecule has 0 radical (unpaired) electrons. The third-order valence-electron chi connectivity index (χ3n) is 11.9. The van der Waals surface area contributed by atoms with Crippen LogP contribution in [0.2, 0.25) is 0 Å². The van der Waals surface area contributed by atoms with Gasteiger partial charge in [-0.3, -0.25) is 0 Å². The highest BCUT2D eigenvalue weighted by molar-refractivity contribution is 6.30. The van der Waals surface area contributed by atoms with E-state index < -0.39 is 0 Å². The maximum absolute atomic E-state index is 7.22. The highest BCUT2D eigenvalue weighted by Crippen LogP contribution is 2.51. The lowest BCUT2D eigenvalue weighted by molar-refractivity contribution is 0.669. The number of fused-ring (bicyclic) bond motifs is 7. The molecule has 3 nitrogen and oxygen atoms in total. The highest BCUT2D eigenvalue weighted by atomic mass is 16.3. The second-order valence-corrected chi connectivity index (χ2v) is 15.8. The van der Waals surface area contributed by atoms with Crippen molar-refractivity contribution >= 4 is 77.6 Å². The van der Waals surface area contributed by atoms with Crippen LogP contribution in [0.5, 0.6) is 0 Å². The molecule has 0 bridgehead atoms. The Kier molecular flexibility index (Phi) is 8.94. The van der Waals surface area contributed by atoms with Crippen LogP contribution in [-0.4, -0.2) is 0 Å². The van der Waals surface area contributed by atoms with Gasteiger partial charge in [0.05, 0.1) is 22.7 Å². The van der Waals surface area contributed by atoms with Crippen molar-refractivity contribution in [2.24, 2.45) is 0 Å². The first-order chi connectivity index (χ1) is 30.1. The molecule has 11 aromatic rings. The summed E-state index contributed by atoms with van der Waals surface area (Å²) in [6.07, 6.45) is 0. The minimum absolute atomic E-state index is 0.840. The first-order valence-electron chi connectivity index (χ1n) is 20.9. The van der Waals surface area contributed by atoms with Gasteiger partial charge in [0.2, 0.25) is 0 Å². The van der Waals surface area contributed by atoms with Crippen molar-refractivity contribution in [3.05, 3.63) is 230 Å². The Bertz CT molecular complexity index is 3180. The summed E-state index contributed by atoms with van der Waals surface area (Å²) in [6, 6.07) is 78.5. The molecule has 290 valence electrons. The fourth-order valence-corrected chi connectivity index (χ4v) is 9.24. The van der Waals surface area contributed by atoms with E-state index in [0.717, 1.165) is 99.9 Å². The highest BCUT2D eigenvalue weighted by Gasteiger charge is 2.26. The summed E-state index contributed by atoms with van der Waals surface area (Å²) in [5.41, 5.74) is 15.2. The first kappa shape index (κ1) is 36.2. The summed E-state index contributed by atoms with van der Waals surface area (Å²) in [6.45, 7) is 4.32. The second kappa shape index (κ2) is 15.1. The van der Waals surface area contributed by atoms with E-state index in [1.807, 2.05) is 0 Å². The van der Waals surface area contributed by atoms with Crippen molar-refractivity contribution in [1.82, 2.24) is 0 Å². The number of hydrogen-bond acceptors (Lipinski definition) is 3. The number of para-hydroxylation sites is 2. The number of hydrogen-bond donors (Lipinski definition) is 0. The maximum atomic E-state index is 7.22. The van der Waals surface area contributed by atoms with Crippen molar-refractivity contribution in [3.63, 3.8) is 0 Å². The molecule has 0 atom stereocenters. The van der Waals surface area contributed by atoms with Gasteiger partial charge in [-0.25, -0.2) is 0 Å². The van der Waals surface area contributed by atoms with Crippen molar-refractivity contribution in [2.75, 3.05) is 9.80 Å². The van der Waals surface area contributed by atoms with Gasteiger partial charge in [-0.2, -0.15) is 0 Å². The standard InChI is InChI=1S/C58H42N2O/c1-39-19-17-25-43(35-39)59(51-33-15-13-27-45(51)41-21-5-3-6-22-41)53-37-55-57(49-31-11-9-29-47(49)53)58-50-32-12-10-30-48(50)54(38-56(58)61-55)60(44-26-18-20-40(2)36-44)52-34-16-14-28-46(52)42-23-7-4-8-24-42/h3-38H,1-2H3. The minimum atomic E-state index is 0.840. The van der Waals surface area contributed by atoms with Gasteiger partial charge in [-0.15, -0.1) is 0 Å². The van der Waals surface area contributed by atoms with Crippen LogP contribution in [0.15, 0.2) is 223 Å². The third kappa shape index (κ3) is 6.30. The zero-order chi connectivity index (χ0) is 40.9. The monoisotopic (exact) mass is 782 g/mol. The normalized spacial score (nSPS) is 11.4. The van der Waals surface area contributed by atoms with Crippen LogP contribution in [0.1, 0.15) is 11.1 Å². The molecule has 0 unspecified atom stereocenters. The van der Waals surface area contributed by atoms with E-state index in [0.29, 0.717) is 0 Å². The van der Waals surface area contributed by atoms with Crippen LogP contribution in [0, 0.1) is 13.8 Å². The summed E-state index contributed by atoms with van der Waals surface area (Å²) in [7, 11) is 0. The quantitative estimate of drug-likeness (QED) is 0.153. The van der Waals surface area contributed by atoms with E-state index in [1.165, 1.54) is 11.1 Å². The Morgan fingerprint density at radius 1 is 0.311 bits per heavy atom. The average molecular weight is 783 g/mol. The molecular weight excluding hydrogens is 741 g/mol. The smallest absolute Gasteiger partial charge is 0.138 e. The Labute approximate surface area is 356 Å². The number of anilines is 6. The fourth-order valence-electron chi connectivity index (χ4n) is 9.24. The molecule has 3 heteroatoms. The predicted molar refractivity (Wildman–Crippen MR) is 258 cm³/mol. The van der Waals surface area contributed by atoms with Crippen LogP contribution in [-0.2, 0) is 0 Å². The van der Waals surface area contributed by atoms with E-state index in [9.17, 15) is 0 Å². The van der Waals surface area contributed by atoms with E-state index in [4.69, 9.17) is 4.42 Å². The fraction of sp³-hybridized carbons (Fsp3) is 0.0345. The summed E-state index contributed by atoms with van der Waals surface area (Å²) in [4.78, 5) is 4.82. The van der Waals surface area contributed by atoms with Gasteiger partial charge in [-0.1, -0.05) is 170 Å². The Morgan fingerprint density at radius 3 is 1.11 bits per heavy atom. The number of furan rings is 1. The van der Waals surface area contributed by atoms with Crippen molar-refractivity contribution in [2.45, 2.75) is 13.8 Å². The maximum Gasteiger partial charge on any atom is 0.138 e. The van der Waals surface area contributed by atoms with Gasteiger partial charge in [-0.05, 0) is 83.3 Å². The summed E-state index contributed by atoms with van der Waals surface area (Å²) < 4.78 is 7.22. The topological polar surface area (TPSA) is 19.6 Å². The first-order valence-corrected chi connectivity index (χ1v) is 20.9. The summed E-state index contributed by atoms with van der Waals surface area (Å²) in [5.74, 6) is 0. The van der Waals surface area contributed by atoms with Crippen LogP contribution >= 0.6 is 0 Å².